The predicted octanol–water partition coefficient (Wildman–Crippen LogP) is 4.70. The molecule has 3 aliphatic rings. The number of ether oxygens (including phenoxy) is 1. The van der Waals surface area contributed by atoms with E-state index in [9.17, 15) is 4.79 Å². The van der Waals surface area contributed by atoms with Crippen LogP contribution in [0.5, 0.6) is 0 Å². The lowest BCUT2D eigenvalue weighted by atomic mass is 9.97. The molecule has 0 radical (unpaired) electrons. The third-order valence-corrected chi connectivity index (χ3v) is 7.38. The Bertz CT molecular complexity index is 1180. The molecule has 1 fully saturated rings. The molecule has 3 heterocycles. The van der Waals surface area contributed by atoms with Gasteiger partial charge in [-0.2, -0.15) is 0 Å². The van der Waals surface area contributed by atoms with Crippen LogP contribution in [-0.4, -0.2) is 37.2 Å². The first-order chi connectivity index (χ1) is 16.8. The van der Waals surface area contributed by atoms with Crippen LogP contribution in [0.4, 0.5) is 22.9 Å². The summed E-state index contributed by atoms with van der Waals surface area (Å²) in [5.74, 6) is 1.05. The van der Waals surface area contributed by atoms with E-state index in [1.807, 2.05) is 11.0 Å². The van der Waals surface area contributed by atoms with Crippen molar-refractivity contribution in [1.82, 2.24) is 4.98 Å². The standard InChI is InChI=1S/C28H30N4O2/c33-28(22-9-7-20-4-1-2-5-21(20)8-10-22)32-19-23-6-3-13-29-27(23)30-25-12-11-24(18-26(25)32)31-14-16-34-17-15-31/h1-6,11-13,18,22H,7-10,14-17,19H2,(H,29,30). The third kappa shape index (κ3) is 4.03. The number of rotatable bonds is 2. The number of morpholine rings is 1. The van der Waals surface area contributed by atoms with Gasteiger partial charge in [-0.1, -0.05) is 30.3 Å². The van der Waals surface area contributed by atoms with Gasteiger partial charge in [0.2, 0.25) is 5.91 Å². The van der Waals surface area contributed by atoms with Crippen LogP contribution in [0.15, 0.2) is 60.8 Å². The Morgan fingerprint density at radius 3 is 2.44 bits per heavy atom. The first-order valence-electron chi connectivity index (χ1n) is 12.3. The highest BCUT2D eigenvalue weighted by Gasteiger charge is 2.31. The number of nitrogens with zero attached hydrogens (tertiary/aromatic N) is 3. The Labute approximate surface area is 200 Å². The van der Waals surface area contributed by atoms with Gasteiger partial charge in [0.05, 0.1) is 31.1 Å². The van der Waals surface area contributed by atoms with E-state index in [2.05, 4.69) is 63.7 Å². The monoisotopic (exact) mass is 454 g/mol. The normalized spacial score (nSPS) is 18.1. The molecule has 174 valence electrons. The molecule has 1 amide bonds. The van der Waals surface area contributed by atoms with Crippen LogP contribution in [0.25, 0.3) is 0 Å². The summed E-state index contributed by atoms with van der Waals surface area (Å²) in [7, 11) is 0. The maximum Gasteiger partial charge on any atom is 0.230 e. The second-order valence-corrected chi connectivity index (χ2v) is 9.40. The fourth-order valence-corrected chi connectivity index (χ4v) is 5.44. The number of aromatic nitrogens is 1. The summed E-state index contributed by atoms with van der Waals surface area (Å²) in [5, 5.41) is 3.50. The van der Waals surface area contributed by atoms with E-state index in [0.717, 1.165) is 80.4 Å². The highest BCUT2D eigenvalue weighted by Crippen LogP contribution is 2.39. The van der Waals surface area contributed by atoms with Gasteiger partial charge in [0, 0.05) is 36.5 Å². The fraction of sp³-hybridized carbons (Fsp3) is 0.357. The number of nitrogens with one attached hydrogen (secondary N) is 1. The van der Waals surface area contributed by atoms with E-state index in [4.69, 9.17) is 4.74 Å². The lowest BCUT2D eigenvalue weighted by molar-refractivity contribution is -0.122. The largest absolute Gasteiger partial charge is 0.378 e. The van der Waals surface area contributed by atoms with Crippen LogP contribution in [0.3, 0.4) is 0 Å². The number of benzene rings is 2. The van der Waals surface area contributed by atoms with E-state index in [1.165, 1.54) is 11.1 Å². The lowest BCUT2D eigenvalue weighted by Gasteiger charge is -2.31. The summed E-state index contributed by atoms with van der Waals surface area (Å²) in [4.78, 5) is 23.0. The van der Waals surface area contributed by atoms with Crippen molar-refractivity contribution >= 4 is 28.8 Å². The molecule has 1 aliphatic carbocycles. The Morgan fingerprint density at radius 2 is 1.68 bits per heavy atom. The van der Waals surface area contributed by atoms with Gasteiger partial charge in [0.25, 0.3) is 0 Å². The van der Waals surface area contributed by atoms with Crippen molar-refractivity contribution in [1.29, 1.82) is 0 Å². The highest BCUT2D eigenvalue weighted by molar-refractivity contribution is 6.00. The molecular formula is C28H30N4O2. The first-order valence-corrected chi connectivity index (χ1v) is 12.3. The minimum Gasteiger partial charge on any atom is -0.378 e. The molecule has 1 N–H and O–H groups in total. The molecule has 3 aromatic rings. The lowest BCUT2D eigenvalue weighted by Crippen LogP contribution is -2.37. The van der Waals surface area contributed by atoms with Crippen molar-refractivity contribution in [2.45, 2.75) is 32.2 Å². The van der Waals surface area contributed by atoms with Crippen molar-refractivity contribution in [3.05, 3.63) is 77.5 Å². The predicted molar refractivity (Wildman–Crippen MR) is 135 cm³/mol. The molecule has 1 saturated heterocycles. The highest BCUT2D eigenvalue weighted by atomic mass is 16.5. The van der Waals surface area contributed by atoms with Gasteiger partial charge in [-0.25, -0.2) is 4.98 Å². The number of hydrogen-bond donors (Lipinski definition) is 1. The van der Waals surface area contributed by atoms with Gasteiger partial charge < -0.3 is 19.9 Å². The van der Waals surface area contributed by atoms with E-state index < -0.39 is 0 Å². The molecule has 6 nitrogen and oxygen atoms in total. The van der Waals surface area contributed by atoms with Crippen LogP contribution in [-0.2, 0) is 28.9 Å². The minimum absolute atomic E-state index is 0.00511. The summed E-state index contributed by atoms with van der Waals surface area (Å²) >= 11 is 0. The van der Waals surface area contributed by atoms with E-state index in [-0.39, 0.29) is 11.8 Å². The number of amides is 1. The number of anilines is 4. The second-order valence-electron chi connectivity index (χ2n) is 9.40. The third-order valence-electron chi connectivity index (χ3n) is 7.38. The molecule has 34 heavy (non-hydrogen) atoms. The number of carbonyl (C=O) groups excluding carboxylic acids is 1. The van der Waals surface area contributed by atoms with Gasteiger partial charge in [-0.15, -0.1) is 0 Å². The smallest absolute Gasteiger partial charge is 0.230 e. The summed E-state index contributed by atoms with van der Waals surface area (Å²) in [5.41, 5.74) is 6.82. The number of carbonyl (C=O) groups is 1. The molecule has 2 aliphatic heterocycles. The van der Waals surface area contributed by atoms with Crippen LogP contribution < -0.4 is 15.1 Å². The summed E-state index contributed by atoms with van der Waals surface area (Å²) in [6, 6.07) is 19.0. The molecule has 0 spiro atoms. The Balaban J connectivity index is 1.35. The Hall–Kier alpha value is -3.38. The van der Waals surface area contributed by atoms with Crippen LogP contribution in [0.1, 0.15) is 29.5 Å². The molecule has 2 aromatic carbocycles. The van der Waals surface area contributed by atoms with Crippen LogP contribution in [0, 0.1) is 5.92 Å². The van der Waals surface area contributed by atoms with Gasteiger partial charge >= 0.3 is 0 Å². The minimum atomic E-state index is 0.00511. The molecule has 0 saturated carbocycles. The zero-order valence-electron chi connectivity index (χ0n) is 19.4. The molecule has 1 aromatic heterocycles. The van der Waals surface area contributed by atoms with E-state index in [0.29, 0.717) is 6.54 Å². The maximum atomic E-state index is 14.1. The van der Waals surface area contributed by atoms with Gasteiger partial charge in [0.15, 0.2) is 0 Å². The zero-order chi connectivity index (χ0) is 22.9. The molecule has 6 rings (SSSR count). The Morgan fingerprint density at radius 1 is 0.941 bits per heavy atom. The quantitative estimate of drug-likeness (QED) is 0.569. The van der Waals surface area contributed by atoms with Crippen molar-refractivity contribution in [3.8, 4) is 0 Å². The fourth-order valence-electron chi connectivity index (χ4n) is 5.44. The first kappa shape index (κ1) is 21.2. The van der Waals surface area contributed by atoms with Crippen molar-refractivity contribution < 1.29 is 9.53 Å². The summed E-state index contributed by atoms with van der Waals surface area (Å²) < 4.78 is 5.55. The van der Waals surface area contributed by atoms with Gasteiger partial charge in [-0.3, -0.25) is 4.79 Å². The zero-order valence-corrected chi connectivity index (χ0v) is 19.4. The SMILES string of the molecule is O=C(C1CCc2ccccc2CC1)N1Cc2cccnc2Nc2ccc(N3CCOCC3)cc21. The number of aryl methyl sites for hydroxylation is 2. The Kier molecular flexibility index (Phi) is 5.67. The van der Waals surface area contributed by atoms with Crippen LogP contribution >= 0.6 is 0 Å². The van der Waals surface area contributed by atoms with Crippen molar-refractivity contribution in [2.75, 3.05) is 41.4 Å². The molecule has 6 heteroatoms. The van der Waals surface area contributed by atoms with E-state index in [1.54, 1.807) is 6.20 Å². The van der Waals surface area contributed by atoms with Gasteiger partial charge in [0.1, 0.15) is 5.82 Å². The van der Waals surface area contributed by atoms with Crippen molar-refractivity contribution in [3.63, 3.8) is 0 Å². The molecule has 0 atom stereocenters. The van der Waals surface area contributed by atoms with Gasteiger partial charge in [-0.05, 0) is 61.1 Å². The number of fused-ring (bicyclic) bond motifs is 3. The average Bonchev–Trinajstić information content (AvgIpc) is 3.21. The summed E-state index contributed by atoms with van der Waals surface area (Å²) in [6.07, 6.45) is 5.49. The second kappa shape index (κ2) is 9.11. The average molecular weight is 455 g/mol. The molecule has 0 bridgehead atoms. The van der Waals surface area contributed by atoms with Crippen LogP contribution in [0.2, 0.25) is 0 Å². The number of pyridine rings is 1. The van der Waals surface area contributed by atoms with E-state index >= 15 is 0 Å². The van der Waals surface area contributed by atoms with Crippen molar-refractivity contribution in [2.24, 2.45) is 5.92 Å². The summed E-state index contributed by atoms with van der Waals surface area (Å²) in [6.45, 7) is 3.72. The number of hydrogen-bond acceptors (Lipinski definition) is 5. The maximum absolute atomic E-state index is 14.1. The molecular weight excluding hydrogens is 424 g/mol. The topological polar surface area (TPSA) is 57.7 Å². The molecule has 0 unspecified atom stereocenters.